The van der Waals surface area contributed by atoms with Crippen LogP contribution < -0.4 is 0 Å². The first-order chi connectivity index (χ1) is 11.1. The van der Waals surface area contributed by atoms with Crippen LogP contribution >= 0.6 is 0 Å². The number of methoxy groups -OCH3 is 1. The summed E-state index contributed by atoms with van der Waals surface area (Å²) < 4.78 is 5.78. The first kappa shape index (κ1) is 17.2. The molecule has 1 saturated heterocycles. The first-order valence-electron chi connectivity index (χ1n) is 9.65. The van der Waals surface area contributed by atoms with Gasteiger partial charge in [-0.05, 0) is 45.1 Å². The molecule has 0 aromatic heterocycles. The summed E-state index contributed by atoms with van der Waals surface area (Å²) >= 11 is 0. The summed E-state index contributed by atoms with van der Waals surface area (Å²) in [7, 11) is 3.88. The summed E-state index contributed by atoms with van der Waals surface area (Å²) in [6.45, 7) is 2.73. The smallest absolute Gasteiger partial charge is 0.236 e. The van der Waals surface area contributed by atoms with Gasteiger partial charge in [0.1, 0.15) is 0 Å². The van der Waals surface area contributed by atoms with Gasteiger partial charge in [0, 0.05) is 32.2 Å². The number of likely N-dealkylation sites (N-methyl/N-ethyl adjacent to an activating group) is 1. The monoisotopic (exact) mass is 322 g/mol. The SMILES string of the molecule is CO[C@@H]1CCC[C@@]12CCCN(CC(=O)N(C)C1CCCCC1)C2. The highest BCUT2D eigenvalue weighted by Crippen LogP contribution is 2.46. The minimum Gasteiger partial charge on any atom is -0.381 e. The average Bonchev–Trinajstić information content (AvgIpc) is 2.96. The molecule has 4 heteroatoms. The van der Waals surface area contributed by atoms with E-state index in [1.54, 1.807) is 0 Å². The van der Waals surface area contributed by atoms with Crippen molar-refractivity contribution in [3.63, 3.8) is 0 Å². The number of rotatable bonds is 4. The van der Waals surface area contributed by atoms with Crippen LogP contribution in [0.1, 0.15) is 64.2 Å². The van der Waals surface area contributed by atoms with Crippen molar-refractivity contribution in [3.8, 4) is 0 Å². The number of nitrogens with zero attached hydrogens (tertiary/aromatic N) is 2. The molecule has 132 valence electrons. The molecule has 3 fully saturated rings. The molecule has 2 aliphatic carbocycles. The minimum atomic E-state index is 0.316. The molecule has 0 aromatic rings. The van der Waals surface area contributed by atoms with E-state index in [9.17, 15) is 4.79 Å². The van der Waals surface area contributed by atoms with Crippen molar-refractivity contribution in [1.29, 1.82) is 0 Å². The van der Waals surface area contributed by atoms with Crippen molar-refractivity contribution in [1.82, 2.24) is 9.80 Å². The lowest BCUT2D eigenvalue weighted by molar-refractivity contribution is -0.135. The summed E-state index contributed by atoms with van der Waals surface area (Å²) in [4.78, 5) is 17.2. The molecule has 1 amide bonds. The van der Waals surface area contributed by atoms with Crippen LogP contribution in [0.4, 0.5) is 0 Å². The molecular weight excluding hydrogens is 288 g/mol. The van der Waals surface area contributed by atoms with E-state index in [4.69, 9.17) is 4.74 Å². The Morgan fingerprint density at radius 1 is 1.13 bits per heavy atom. The molecule has 4 nitrogen and oxygen atoms in total. The molecule has 1 heterocycles. The number of hydrogen-bond donors (Lipinski definition) is 0. The zero-order valence-corrected chi connectivity index (χ0v) is 15.1. The zero-order chi connectivity index (χ0) is 16.3. The maximum Gasteiger partial charge on any atom is 0.236 e. The summed E-state index contributed by atoms with van der Waals surface area (Å²) in [5.74, 6) is 0.320. The molecule has 0 aromatic carbocycles. The fraction of sp³-hybridized carbons (Fsp3) is 0.947. The lowest BCUT2D eigenvalue weighted by atomic mass is 9.76. The molecule has 1 aliphatic heterocycles. The van der Waals surface area contributed by atoms with E-state index in [1.807, 2.05) is 19.1 Å². The molecule has 0 unspecified atom stereocenters. The number of ether oxygens (including phenoxy) is 1. The van der Waals surface area contributed by atoms with Gasteiger partial charge in [-0.25, -0.2) is 0 Å². The summed E-state index contributed by atoms with van der Waals surface area (Å²) in [6.07, 6.45) is 12.9. The lowest BCUT2D eigenvalue weighted by Gasteiger charge is -2.44. The number of carbonyl (C=O) groups is 1. The number of amides is 1. The van der Waals surface area contributed by atoms with E-state index in [0.717, 1.165) is 13.1 Å². The molecule has 3 aliphatic rings. The normalized spacial score (nSPS) is 33.2. The van der Waals surface area contributed by atoms with Gasteiger partial charge in [0.15, 0.2) is 0 Å². The third-order valence-electron chi connectivity index (χ3n) is 6.67. The molecule has 0 radical (unpaired) electrons. The van der Waals surface area contributed by atoms with E-state index >= 15 is 0 Å². The second-order valence-corrected chi connectivity index (χ2v) is 8.09. The van der Waals surface area contributed by atoms with Crippen LogP contribution in [0.2, 0.25) is 0 Å². The number of hydrogen-bond acceptors (Lipinski definition) is 3. The predicted octanol–water partition coefficient (Wildman–Crippen LogP) is 3.06. The average molecular weight is 322 g/mol. The van der Waals surface area contributed by atoms with Crippen molar-refractivity contribution in [2.45, 2.75) is 76.4 Å². The number of carbonyl (C=O) groups excluding carboxylic acids is 1. The number of piperidine rings is 1. The van der Waals surface area contributed by atoms with Crippen LogP contribution in [0.3, 0.4) is 0 Å². The van der Waals surface area contributed by atoms with Crippen LogP contribution in [0, 0.1) is 5.41 Å². The van der Waals surface area contributed by atoms with E-state index in [-0.39, 0.29) is 0 Å². The lowest BCUT2D eigenvalue weighted by Crippen LogP contribution is -2.51. The summed E-state index contributed by atoms with van der Waals surface area (Å²) in [5.41, 5.74) is 0.316. The van der Waals surface area contributed by atoms with Crippen molar-refractivity contribution in [3.05, 3.63) is 0 Å². The summed E-state index contributed by atoms with van der Waals surface area (Å²) in [6, 6.07) is 0.480. The Balaban J connectivity index is 1.55. The Kier molecular flexibility index (Phi) is 5.63. The maximum atomic E-state index is 12.7. The Hall–Kier alpha value is -0.610. The molecule has 0 bridgehead atoms. The molecule has 23 heavy (non-hydrogen) atoms. The minimum absolute atomic E-state index is 0.316. The van der Waals surface area contributed by atoms with Crippen LogP contribution in [-0.2, 0) is 9.53 Å². The molecule has 1 spiro atoms. The van der Waals surface area contributed by atoms with E-state index < -0.39 is 0 Å². The van der Waals surface area contributed by atoms with Crippen molar-refractivity contribution in [2.24, 2.45) is 5.41 Å². The van der Waals surface area contributed by atoms with Gasteiger partial charge in [-0.3, -0.25) is 9.69 Å². The molecule has 0 N–H and O–H groups in total. The van der Waals surface area contributed by atoms with Gasteiger partial charge in [0.25, 0.3) is 0 Å². The van der Waals surface area contributed by atoms with Crippen LogP contribution in [0.25, 0.3) is 0 Å². The second kappa shape index (κ2) is 7.52. The van der Waals surface area contributed by atoms with Gasteiger partial charge < -0.3 is 9.64 Å². The van der Waals surface area contributed by atoms with Gasteiger partial charge in [-0.1, -0.05) is 25.7 Å². The fourth-order valence-corrected chi connectivity index (χ4v) is 5.31. The topological polar surface area (TPSA) is 32.8 Å². The summed E-state index contributed by atoms with van der Waals surface area (Å²) in [5, 5.41) is 0. The van der Waals surface area contributed by atoms with Gasteiger partial charge in [-0.2, -0.15) is 0 Å². The standard InChI is InChI=1S/C19H34N2O2/c1-20(16-8-4-3-5-9-16)18(22)14-21-13-7-12-19(15-21)11-6-10-17(19)23-2/h16-17H,3-15H2,1-2H3/t17-,19+/m1/s1. The van der Waals surface area contributed by atoms with Crippen molar-refractivity contribution in [2.75, 3.05) is 33.8 Å². The molecule has 2 saturated carbocycles. The largest absolute Gasteiger partial charge is 0.381 e. The van der Waals surface area contributed by atoms with Gasteiger partial charge in [-0.15, -0.1) is 0 Å². The van der Waals surface area contributed by atoms with Gasteiger partial charge >= 0.3 is 0 Å². The highest BCUT2D eigenvalue weighted by molar-refractivity contribution is 5.78. The number of likely N-dealkylation sites (tertiary alicyclic amines) is 1. The molecular formula is C19H34N2O2. The maximum absolute atomic E-state index is 12.7. The second-order valence-electron chi connectivity index (χ2n) is 8.09. The van der Waals surface area contributed by atoms with E-state index in [1.165, 1.54) is 64.2 Å². The van der Waals surface area contributed by atoms with Crippen LogP contribution in [-0.4, -0.2) is 61.6 Å². The molecule has 3 rings (SSSR count). The predicted molar refractivity (Wildman–Crippen MR) is 92.4 cm³/mol. The highest BCUT2D eigenvalue weighted by Gasteiger charge is 2.46. The Bertz CT molecular complexity index is 408. The third kappa shape index (κ3) is 3.74. The Morgan fingerprint density at radius 2 is 1.87 bits per heavy atom. The van der Waals surface area contributed by atoms with E-state index in [0.29, 0.717) is 30.0 Å². The Labute approximate surface area is 141 Å². The quantitative estimate of drug-likeness (QED) is 0.797. The van der Waals surface area contributed by atoms with Crippen molar-refractivity contribution >= 4 is 5.91 Å². The van der Waals surface area contributed by atoms with E-state index in [2.05, 4.69) is 4.90 Å². The third-order valence-corrected chi connectivity index (χ3v) is 6.67. The molecule has 2 atom stereocenters. The fourth-order valence-electron chi connectivity index (χ4n) is 5.31. The van der Waals surface area contributed by atoms with Crippen molar-refractivity contribution < 1.29 is 9.53 Å². The Morgan fingerprint density at radius 3 is 2.61 bits per heavy atom. The first-order valence-corrected chi connectivity index (χ1v) is 9.65. The van der Waals surface area contributed by atoms with Gasteiger partial charge in [0.2, 0.25) is 5.91 Å². The zero-order valence-electron chi connectivity index (χ0n) is 15.1. The highest BCUT2D eigenvalue weighted by atomic mass is 16.5. The van der Waals surface area contributed by atoms with Crippen LogP contribution in [0.5, 0.6) is 0 Å². The van der Waals surface area contributed by atoms with Crippen LogP contribution in [0.15, 0.2) is 0 Å². The van der Waals surface area contributed by atoms with Gasteiger partial charge in [0.05, 0.1) is 12.6 Å².